The molecule has 9 nitrogen and oxygen atoms in total. The van der Waals surface area contributed by atoms with Crippen LogP contribution in [0.2, 0.25) is 0 Å². The molecule has 2 aromatic carbocycles. The minimum atomic E-state index is -1.56. The number of amides is 2. The number of hydrogen-bond donors (Lipinski definition) is 2. The van der Waals surface area contributed by atoms with E-state index in [1.807, 2.05) is 60.7 Å². The molecule has 4 N–H and O–H groups in total. The van der Waals surface area contributed by atoms with Gasteiger partial charge in [-0.1, -0.05) is 60.7 Å². The Balaban J connectivity index is 1.66. The number of ether oxygens (including phenoxy) is 3. The number of carbonyl (C=O) groups is 3. The van der Waals surface area contributed by atoms with E-state index in [9.17, 15) is 14.4 Å². The normalized spacial score (nSPS) is 23.9. The van der Waals surface area contributed by atoms with Crippen molar-refractivity contribution >= 4 is 29.7 Å². The average Bonchev–Trinajstić information content (AvgIpc) is 2.85. The Kier molecular flexibility index (Phi) is 6.41. The number of nitrogens with zero attached hydrogens (tertiary/aromatic N) is 1. The minimum Gasteiger partial charge on any atom is -0.451 e. The lowest BCUT2D eigenvalue weighted by molar-refractivity contribution is -0.194. The zero-order valence-corrected chi connectivity index (χ0v) is 18.6. The van der Waals surface area contributed by atoms with E-state index in [0.29, 0.717) is 5.57 Å². The number of carbonyl (C=O) groups excluding carboxylic acids is 3. The molecule has 33 heavy (non-hydrogen) atoms. The summed E-state index contributed by atoms with van der Waals surface area (Å²) in [6.07, 6.45) is -1.71. The first-order valence-corrected chi connectivity index (χ1v) is 11.0. The van der Waals surface area contributed by atoms with Gasteiger partial charge in [-0.25, -0.2) is 9.59 Å². The van der Waals surface area contributed by atoms with Gasteiger partial charge in [0.15, 0.2) is 12.1 Å². The summed E-state index contributed by atoms with van der Waals surface area (Å²) < 4.78 is 16.1. The molecule has 0 radical (unpaired) electrons. The number of esters is 1. The van der Waals surface area contributed by atoms with Crippen LogP contribution in [0.4, 0.5) is 4.79 Å². The summed E-state index contributed by atoms with van der Waals surface area (Å²) in [5, 5.41) is 0.986. The fourth-order valence-corrected chi connectivity index (χ4v) is 5.10. The minimum absolute atomic E-state index is 0.273. The quantitative estimate of drug-likeness (QED) is 0.357. The number of fused-ring (bicyclic) bond motifs is 1. The largest absolute Gasteiger partial charge is 0.451 e. The van der Waals surface area contributed by atoms with Gasteiger partial charge in [0.1, 0.15) is 12.0 Å². The molecule has 1 saturated heterocycles. The van der Waals surface area contributed by atoms with Crippen LogP contribution >= 0.6 is 11.8 Å². The van der Waals surface area contributed by atoms with Crippen molar-refractivity contribution in [1.82, 2.24) is 4.90 Å². The van der Waals surface area contributed by atoms with Gasteiger partial charge in [-0.15, -0.1) is 11.8 Å². The molecule has 2 unspecified atom stereocenters. The molecule has 0 spiro atoms. The average molecular weight is 470 g/mol. The van der Waals surface area contributed by atoms with Crippen molar-refractivity contribution in [2.45, 2.75) is 23.2 Å². The number of methoxy groups -OCH3 is 1. The number of benzene rings is 2. The SMILES string of the molecule is COC1(N)C(=O)N2C(C(=O)OC(c3ccccc3)c3ccccc3)C(COC(N)=O)=CS[C@@H]21. The number of hydrogen-bond acceptors (Lipinski definition) is 8. The third-order valence-corrected chi connectivity index (χ3v) is 6.82. The van der Waals surface area contributed by atoms with Gasteiger partial charge >= 0.3 is 12.1 Å². The Hall–Kier alpha value is -3.34. The van der Waals surface area contributed by atoms with Crippen LogP contribution in [0.1, 0.15) is 17.2 Å². The lowest BCUT2D eigenvalue weighted by atomic mass is 9.95. The van der Waals surface area contributed by atoms with E-state index in [1.54, 1.807) is 5.41 Å². The Labute approximate surface area is 194 Å². The lowest BCUT2D eigenvalue weighted by Gasteiger charge is -2.55. The highest BCUT2D eigenvalue weighted by molar-refractivity contribution is 8.03. The maximum atomic E-state index is 13.5. The second-order valence-electron chi connectivity index (χ2n) is 7.54. The first kappa shape index (κ1) is 22.8. The first-order chi connectivity index (χ1) is 15.9. The van der Waals surface area contributed by atoms with Crippen molar-refractivity contribution in [3.05, 3.63) is 82.8 Å². The zero-order valence-electron chi connectivity index (χ0n) is 17.7. The third kappa shape index (κ3) is 4.20. The summed E-state index contributed by atoms with van der Waals surface area (Å²) in [4.78, 5) is 38.9. The number of thioether (sulfide) groups is 1. The summed E-state index contributed by atoms with van der Waals surface area (Å²) in [6, 6.07) is 17.4. The fraction of sp³-hybridized carbons (Fsp3) is 0.261. The van der Waals surface area contributed by atoms with Gasteiger partial charge in [0.2, 0.25) is 5.72 Å². The molecule has 4 rings (SSSR count). The van der Waals surface area contributed by atoms with E-state index >= 15 is 0 Å². The molecule has 0 aromatic heterocycles. The van der Waals surface area contributed by atoms with E-state index in [-0.39, 0.29) is 6.61 Å². The maximum absolute atomic E-state index is 13.5. The van der Waals surface area contributed by atoms with Crippen molar-refractivity contribution in [2.75, 3.05) is 13.7 Å². The molecule has 2 aliphatic heterocycles. The van der Waals surface area contributed by atoms with Crippen LogP contribution in [0.15, 0.2) is 71.6 Å². The molecule has 3 atom stereocenters. The van der Waals surface area contributed by atoms with Gasteiger partial charge in [-0.2, -0.15) is 0 Å². The standard InChI is InChI=1S/C23H23N3O6S/c1-30-23(25)20(28)26-17(16(12-31-22(24)29)13-33-21(23)26)19(27)32-18(14-8-4-2-5-9-14)15-10-6-3-7-11-15/h2-11,13,17-18,21H,12,25H2,1H3,(H2,24,29)/t17?,21-,23?/m1/s1. The number of nitrogens with two attached hydrogens (primary N) is 2. The molecular formula is C23H23N3O6S. The Morgan fingerprint density at radius 2 is 1.67 bits per heavy atom. The molecule has 1 fully saturated rings. The molecule has 172 valence electrons. The summed E-state index contributed by atoms with van der Waals surface area (Å²) in [5.74, 6) is -1.26. The number of rotatable bonds is 7. The second kappa shape index (κ2) is 9.26. The molecule has 0 saturated carbocycles. The molecule has 10 heteroatoms. The van der Waals surface area contributed by atoms with E-state index in [4.69, 9.17) is 25.7 Å². The van der Waals surface area contributed by atoms with E-state index < -0.39 is 41.2 Å². The molecule has 2 aromatic rings. The van der Waals surface area contributed by atoms with E-state index in [2.05, 4.69) is 0 Å². The molecule has 0 aliphatic carbocycles. The molecule has 2 heterocycles. The van der Waals surface area contributed by atoms with Crippen molar-refractivity contribution < 1.29 is 28.6 Å². The van der Waals surface area contributed by atoms with Gasteiger partial charge in [0.25, 0.3) is 5.91 Å². The topological polar surface area (TPSA) is 134 Å². The predicted molar refractivity (Wildman–Crippen MR) is 120 cm³/mol. The van der Waals surface area contributed by atoms with Gasteiger partial charge in [0.05, 0.1) is 0 Å². The van der Waals surface area contributed by atoms with Crippen molar-refractivity contribution in [1.29, 1.82) is 0 Å². The monoisotopic (exact) mass is 469 g/mol. The van der Waals surface area contributed by atoms with Crippen LogP contribution in [0, 0.1) is 0 Å². The van der Waals surface area contributed by atoms with Crippen molar-refractivity contribution in [3.63, 3.8) is 0 Å². The second-order valence-corrected chi connectivity index (χ2v) is 8.49. The number of primary amides is 1. The summed E-state index contributed by atoms with van der Waals surface area (Å²) in [6.45, 7) is -0.273. The highest BCUT2D eigenvalue weighted by Gasteiger charge is 2.65. The van der Waals surface area contributed by atoms with Crippen LogP contribution in [0.5, 0.6) is 0 Å². The Morgan fingerprint density at radius 1 is 1.09 bits per heavy atom. The maximum Gasteiger partial charge on any atom is 0.404 e. The van der Waals surface area contributed by atoms with E-state index in [0.717, 1.165) is 11.1 Å². The number of β-lactam (4-membered cyclic amide) rings is 1. The van der Waals surface area contributed by atoms with Gasteiger partial charge in [-0.3, -0.25) is 10.5 Å². The van der Waals surface area contributed by atoms with Gasteiger partial charge in [-0.05, 0) is 16.5 Å². The Bertz CT molecular complexity index is 1040. The van der Waals surface area contributed by atoms with Crippen LogP contribution in [-0.2, 0) is 23.8 Å². The first-order valence-electron chi connectivity index (χ1n) is 10.1. The van der Waals surface area contributed by atoms with Crippen molar-refractivity contribution in [2.24, 2.45) is 11.5 Å². The van der Waals surface area contributed by atoms with E-state index in [1.165, 1.54) is 23.8 Å². The summed E-state index contributed by atoms with van der Waals surface area (Å²) in [7, 11) is 1.33. The van der Waals surface area contributed by atoms with Gasteiger partial charge < -0.3 is 24.8 Å². The third-order valence-electron chi connectivity index (χ3n) is 5.55. The molecule has 0 bridgehead atoms. The highest BCUT2D eigenvalue weighted by Crippen LogP contribution is 2.45. The summed E-state index contributed by atoms with van der Waals surface area (Å²) >= 11 is 1.19. The van der Waals surface area contributed by atoms with Gasteiger partial charge in [0, 0.05) is 12.7 Å². The van der Waals surface area contributed by atoms with Crippen LogP contribution in [0.25, 0.3) is 0 Å². The fourth-order valence-electron chi connectivity index (χ4n) is 3.85. The molecule has 2 amide bonds. The van der Waals surface area contributed by atoms with Crippen LogP contribution in [0.3, 0.4) is 0 Å². The van der Waals surface area contributed by atoms with Crippen LogP contribution in [-0.4, -0.2) is 53.7 Å². The van der Waals surface area contributed by atoms with Crippen molar-refractivity contribution in [3.8, 4) is 0 Å². The smallest absolute Gasteiger partial charge is 0.404 e. The molecular weight excluding hydrogens is 446 g/mol. The zero-order chi connectivity index (χ0) is 23.6. The lowest BCUT2D eigenvalue weighted by Crippen LogP contribution is -2.81. The molecule has 2 aliphatic rings. The summed E-state index contributed by atoms with van der Waals surface area (Å²) in [5.41, 5.74) is 11.5. The highest BCUT2D eigenvalue weighted by atomic mass is 32.2. The van der Waals surface area contributed by atoms with Crippen LogP contribution < -0.4 is 11.5 Å². The predicted octanol–water partition coefficient (Wildman–Crippen LogP) is 1.88. The Morgan fingerprint density at radius 3 is 2.18 bits per heavy atom.